The Balaban J connectivity index is 1.85. The van der Waals surface area contributed by atoms with E-state index in [4.69, 9.17) is 0 Å². The Labute approximate surface area is 202 Å². The molecule has 0 aliphatic carbocycles. The van der Waals surface area contributed by atoms with Crippen LogP contribution in [0.5, 0.6) is 0 Å². The average Bonchev–Trinajstić information content (AvgIpc) is 3.19. The standard InChI is InChI=1S/C29H39F3N2/c1-6-9-24(18-21(5)20(4)7-2)28-25(8-3)26-19-23(10-11-27(26)33-28)22-12-15-34(16-13-22)17-14-29(30,31)32/h6,9-11,18-20,22,33H,1,7-8,12-17H2,2-5H3/b21-18-,24-9+. The fourth-order valence-electron chi connectivity index (χ4n) is 4.95. The third kappa shape index (κ3) is 6.44. The Bertz CT molecular complexity index is 1030. The molecule has 34 heavy (non-hydrogen) atoms. The Morgan fingerprint density at radius 2 is 1.94 bits per heavy atom. The van der Waals surface area contributed by atoms with Crippen LogP contribution in [0.1, 0.15) is 76.1 Å². The third-order valence-corrected chi connectivity index (χ3v) is 7.41. The van der Waals surface area contributed by atoms with Gasteiger partial charge in [-0.1, -0.05) is 57.2 Å². The summed E-state index contributed by atoms with van der Waals surface area (Å²) in [4.78, 5) is 5.61. The normalized spacial score (nSPS) is 18.0. The first kappa shape index (κ1) is 26.3. The number of fused-ring (bicyclic) bond motifs is 1. The smallest absolute Gasteiger partial charge is 0.354 e. The summed E-state index contributed by atoms with van der Waals surface area (Å²) in [5.41, 5.74) is 7.39. The Morgan fingerprint density at radius 1 is 1.24 bits per heavy atom. The number of rotatable bonds is 9. The molecule has 3 rings (SSSR count). The van der Waals surface area contributed by atoms with Crippen LogP contribution in [0.2, 0.25) is 0 Å². The second kappa shape index (κ2) is 11.4. The Hall–Kier alpha value is -2.27. The summed E-state index contributed by atoms with van der Waals surface area (Å²) >= 11 is 0. The lowest BCUT2D eigenvalue weighted by molar-refractivity contribution is -0.138. The van der Waals surface area contributed by atoms with E-state index in [0.717, 1.165) is 55.6 Å². The van der Waals surface area contributed by atoms with Crippen molar-refractivity contribution < 1.29 is 13.2 Å². The van der Waals surface area contributed by atoms with E-state index in [0.29, 0.717) is 11.8 Å². The fourth-order valence-corrected chi connectivity index (χ4v) is 4.95. The molecular weight excluding hydrogens is 433 g/mol. The molecule has 186 valence electrons. The highest BCUT2D eigenvalue weighted by atomic mass is 19.4. The number of allylic oxidation sites excluding steroid dienone is 5. The lowest BCUT2D eigenvalue weighted by atomic mass is 9.88. The van der Waals surface area contributed by atoms with Crippen molar-refractivity contribution in [3.05, 3.63) is 65.4 Å². The molecule has 0 amide bonds. The molecule has 1 aromatic heterocycles. The Kier molecular flexibility index (Phi) is 8.86. The minimum absolute atomic E-state index is 0.110. The number of likely N-dealkylation sites (tertiary alicyclic amines) is 1. The molecular formula is C29H39F3N2. The predicted molar refractivity (Wildman–Crippen MR) is 138 cm³/mol. The molecule has 0 radical (unpaired) electrons. The van der Waals surface area contributed by atoms with Gasteiger partial charge < -0.3 is 9.88 Å². The molecule has 1 N–H and O–H groups in total. The van der Waals surface area contributed by atoms with E-state index in [9.17, 15) is 13.2 Å². The average molecular weight is 473 g/mol. The van der Waals surface area contributed by atoms with Crippen LogP contribution in [0, 0.1) is 5.92 Å². The number of piperidine rings is 1. The van der Waals surface area contributed by atoms with Crippen LogP contribution in [-0.4, -0.2) is 35.7 Å². The predicted octanol–water partition coefficient (Wildman–Crippen LogP) is 8.42. The van der Waals surface area contributed by atoms with Crippen molar-refractivity contribution in [1.82, 2.24) is 9.88 Å². The molecule has 1 unspecified atom stereocenters. The highest BCUT2D eigenvalue weighted by Gasteiger charge is 2.29. The topological polar surface area (TPSA) is 19.0 Å². The SMILES string of the molecule is C=C/C=C(\C=C(\C)C(C)CC)c1[nH]c2ccc(C3CCN(CCC(F)(F)F)CC3)cc2c1CC. The van der Waals surface area contributed by atoms with Gasteiger partial charge in [0.05, 0.1) is 6.42 Å². The number of hydrogen-bond acceptors (Lipinski definition) is 1. The first-order valence-corrected chi connectivity index (χ1v) is 12.6. The van der Waals surface area contributed by atoms with Gasteiger partial charge in [0.15, 0.2) is 0 Å². The molecule has 2 heterocycles. The number of aromatic amines is 1. The summed E-state index contributed by atoms with van der Waals surface area (Å²) in [6.45, 7) is 14.3. The molecule has 2 aromatic rings. The van der Waals surface area contributed by atoms with Gasteiger partial charge in [-0.2, -0.15) is 13.2 Å². The first-order valence-electron chi connectivity index (χ1n) is 12.6. The number of nitrogens with one attached hydrogen (secondary N) is 1. The number of benzene rings is 1. The van der Waals surface area contributed by atoms with Crippen molar-refractivity contribution in [1.29, 1.82) is 0 Å². The lowest BCUT2D eigenvalue weighted by Crippen LogP contribution is -2.35. The van der Waals surface area contributed by atoms with Crippen LogP contribution >= 0.6 is 0 Å². The zero-order valence-electron chi connectivity index (χ0n) is 21.1. The van der Waals surface area contributed by atoms with Crippen molar-refractivity contribution in [2.24, 2.45) is 5.92 Å². The van der Waals surface area contributed by atoms with Crippen LogP contribution in [0.3, 0.4) is 0 Å². The molecule has 0 saturated carbocycles. The molecule has 1 atom stereocenters. The maximum Gasteiger partial charge on any atom is 0.390 e. The van der Waals surface area contributed by atoms with Crippen LogP contribution in [0.25, 0.3) is 16.5 Å². The first-order chi connectivity index (χ1) is 16.2. The van der Waals surface area contributed by atoms with E-state index in [1.165, 1.54) is 22.1 Å². The van der Waals surface area contributed by atoms with Gasteiger partial charge in [0.25, 0.3) is 0 Å². The highest BCUT2D eigenvalue weighted by molar-refractivity contribution is 5.92. The number of nitrogens with zero attached hydrogens (tertiary/aromatic N) is 1. The van der Waals surface area contributed by atoms with E-state index < -0.39 is 12.6 Å². The van der Waals surface area contributed by atoms with E-state index >= 15 is 0 Å². The fraction of sp³-hybridized carbons (Fsp3) is 0.517. The molecule has 5 heteroatoms. The second-order valence-electron chi connectivity index (χ2n) is 9.67. The van der Waals surface area contributed by atoms with E-state index in [1.807, 2.05) is 11.0 Å². The van der Waals surface area contributed by atoms with Gasteiger partial charge >= 0.3 is 6.18 Å². The van der Waals surface area contributed by atoms with Gasteiger partial charge in [-0.25, -0.2) is 0 Å². The molecule has 1 aliphatic heterocycles. The van der Waals surface area contributed by atoms with E-state index in [2.05, 4.69) is 69.6 Å². The number of alkyl halides is 3. The van der Waals surface area contributed by atoms with Crippen LogP contribution in [-0.2, 0) is 6.42 Å². The second-order valence-corrected chi connectivity index (χ2v) is 9.67. The lowest BCUT2D eigenvalue weighted by Gasteiger charge is -2.32. The minimum atomic E-state index is -4.08. The van der Waals surface area contributed by atoms with Crippen molar-refractivity contribution in [2.45, 2.75) is 71.9 Å². The summed E-state index contributed by atoms with van der Waals surface area (Å²) in [5, 5.41) is 1.25. The number of aromatic nitrogens is 1. The zero-order valence-corrected chi connectivity index (χ0v) is 21.1. The van der Waals surface area contributed by atoms with Crippen LogP contribution < -0.4 is 0 Å². The zero-order chi connectivity index (χ0) is 24.9. The maximum absolute atomic E-state index is 12.6. The van der Waals surface area contributed by atoms with Gasteiger partial charge in [0, 0.05) is 23.1 Å². The summed E-state index contributed by atoms with van der Waals surface area (Å²) < 4.78 is 37.7. The molecule has 1 aromatic carbocycles. The molecule has 2 nitrogen and oxygen atoms in total. The quantitative estimate of drug-likeness (QED) is 0.363. The highest BCUT2D eigenvalue weighted by Crippen LogP contribution is 2.35. The largest absolute Gasteiger partial charge is 0.390 e. The maximum atomic E-state index is 12.6. The van der Waals surface area contributed by atoms with Crippen LogP contribution in [0.15, 0.2) is 48.6 Å². The minimum Gasteiger partial charge on any atom is -0.354 e. The molecule has 1 fully saturated rings. The van der Waals surface area contributed by atoms with Gasteiger partial charge in [-0.15, -0.1) is 0 Å². The molecule has 1 saturated heterocycles. The van der Waals surface area contributed by atoms with E-state index in [-0.39, 0.29) is 6.54 Å². The molecule has 1 aliphatic rings. The van der Waals surface area contributed by atoms with E-state index in [1.54, 1.807) is 0 Å². The molecule has 0 spiro atoms. The summed E-state index contributed by atoms with van der Waals surface area (Å²) in [5.74, 6) is 0.918. The summed E-state index contributed by atoms with van der Waals surface area (Å²) in [6.07, 6.45) is 5.23. The monoisotopic (exact) mass is 472 g/mol. The molecule has 0 bridgehead atoms. The van der Waals surface area contributed by atoms with Crippen molar-refractivity contribution in [2.75, 3.05) is 19.6 Å². The summed E-state index contributed by atoms with van der Waals surface area (Å²) in [6, 6.07) is 6.66. The van der Waals surface area contributed by atoms with Crippen molar-refractivity contribution >= 4 is 16.5 Å². The van der Waals surface area contributed by atoms with Gasteiger partial charge in [-0.05, 0) is 86.4 Å². The van der Waals surface area contributed by atoms with Crippen molar-refractivity contribution in [3.8, 4) is 0 Å². The summed E-state index contributed by atoms with van der Waals surface area (Å²) in [7, 11) is 0. The number of aryl methyl sites for hydroxylation is 1. The third-order valence-electron chi connectivity index (χ3n) is 7.41. The Morgan fingerprint density at radius 3 is 2.53 bits per heavy atom. The van der Waals surface area contributed by atoms with Gasteiger partial charge in [-0.3, -0.25) is 0 Å². The number of halogens is 3. The van der Waals surface area contributed by atoms with Crippen LogP contribution in [0.4, 0.5) is 13.2 Å². The van der Waals surface area contributed by atoms with Crippen molar-refractivity contribution in [3.63, 3.8) is 0 Å². The van der Waals surface area contributed by atoms with Gasteiger partial charge in [0.2, 0.25) is 0 Å². The number of H-pyrrole nitrogens is 1. The van der Waals surface area contributed by atoms with Gasteiger partial charge in [0.1, 0.15) is 0 Å². The number of hydrogen-bond donors (Lipinski definition) is 1.